The number of esters is 2. The van der Waals surface area contributed by atoms with E-state index in [1.165, 1.54) is 6.20 Å². The Bertz CT molecular complexity index is 1390. The monoisotopic (exact) mass is 699 g/mol. The minimum absolute atomic E-state index is 0.00992. The first-order chi connectivity index (χ1) is 22.5. The zero-order chi connectivity index (χ0) is 35.4. The maximum absolute atomic E-state index is 14.7. The standard InChI is InChI=1S/C31H50N5O11P/c1-9-42-26(37)21(15-18(3)4)34-48(41,35-22(16-19(5)6)27(38)43-10-2)44-17-23-25-31(30(7,8)46-23,47-29(40)45-25)36-14-13-24(33-28(36)39)32-20-11-12-20/h13-14,18-23,25H,9-12,15-17H2,1-8H3,(H,32,33,39)(H2,34,35,41). The number of rotatable bonds is 18. The molecule has 17 heteroatoms. The summed E-state index contributed by atoms with van der Waals surface area (Å²) in [6, 6.07) is -0.269. The summed E-state index contributed by atoms with van der Waals surface area (Å²) in [5, 5.41) is 8.79. The lowest BCUT2D eigenvalue weighted by Gasteiger charge is -2.36. The van der Waals surface area contributed by atoms with Crippen LogP contribution in [0.1, 0.15) is 81.1 Å². The van der Waals surface area contributed by atoms with Crippen LogP contribution in [-0.4, -0.2) is 83.4 Å². The average molecular weight is 700 g/mol. The van der Waals surface area contributed by atoms with Gasteiger partial charge in [-0.2, -0.15) is 4.98 Å². The third kappa shape index (κ3) is 8.57. The van der Waals surface area contributed by atoms with Gasteiger partial charge < -0.3 is 33.5 Å². The van der Waals surface area contributed by atoms with E-state index in [1.807, 2.05) is 27.7 Å². The van der Waals surface area contributed by atoms with Gasteiger partial charge in [0.15, 0.2) is 6.10 Å². The fourth-order valence-electron chi connectivity index (χ4n) is 6.01. The Morgan fingerprint density at radius 1 is 1.02 bits per heavy atom. The molecule has 0 radical (unpaired) electrons. The third-order valence-corrected chi connectivity index (χ3v) is 10.0. The summed E-state index contributed by atoms with van der Waals surface area (Å²) in [5.41, 5.74) is -3.86. The number of hydrogen-bond acceptors (Lipinski definition) is 13. The van der Waals surface area contributed by atoms with Gasteiger partial charge in [-0.25, -0.2) is 19.8 Å². The number of ether oxygens (including phenoxy) is 5. The van der Waals surface area contributed by atoms with Gasteiger partial charge in [0.05, 0.1) is 19.8 Å². The van der Waals surface area contributed by atoms with E-state index in [2.05, 4.69) is 20.5 Å². The van der Waals surface area contributed by atoms with Gasteiger partial charge in [0.2, 0.25) is 0 Å². The van der Waals surface area contributed by atoms with E-state index in [4.69, 9.17) is 28.2 Å². The van der Waals surface area contributed by atoms with E-state index in [-0.39, 0.29) is 43.9 Å². The van der Waals surface area contributed by atoms with Gasteiger partial charge in [0.25, 0.3) is 5.72 Å². The maximum Gasteiger partial charge on any atom is 0.511 e. The molecule has 16 nitrogen and oxygen atoms in total. The zero-order valence-electron chi connectivity index (χ0n) is 29.0. The predicted octanol–water partition coefficient (Wildman–Crippen LogP) is 3.44. The van der Waals surface area contributed by atoms with Crippen LogP contribution >= 0.6 is 7.67 Å². The number of carbonyl (C=O) groups excluding carboxylic acids is 3. The quantitative estimate of drug-likeness (QED) is 0.114. The molecule has 1 aromatic heterocycles. The van der Waals surface area contributed by atoms with Gasteiger partial charge in [-0.1, -0.05) is 27.7 Å². The van der Waals surface area contributed by atoms with Crippen LogP contribution < -0.4 is 21.2 Å². The highest BCUT2D eigenvalue weighted by atomic mass is 31.2. The predicted molar refractivity (Wildman–Crippen MR) is 173 cm³/mol. The second-order valence-corrected chi connectivity index (χ2v) is 15.5. The number of nitrogens with zero attached hydrogens (tertiary/aromatic N) is 2. The Balaban J connectivity index is 1.66. The number of nitrogens with one attached hydrogen (secondary N) is 3. The molecule has 3 heterocycles. The Hall–Kier alpha value is -3.04. The molecule has 3 fully saturated rings. The smallest absolute Gasteiger partial charge is 0.465 e. The molecule has 1 aromatic rings. The molecule has 2 saturated heterocycles. The second-order valence-electron chi connectivity index (χ2n) is 13.6. The molecule has 270 valence electrons. The minimum atomic E-state index is -4.31. The molecule has 4 rings (SSSR count). The lowest BCUT2D eigenvalue weighted by Crippen LogP contribution is -2.57. The lowest BCUT2D eigenvalue weighted by atomic mass is 9.90. The van der Waals surface area contributed by atoms with Crippen LogP contribution in [0.2, 0.25) is 0 Å². The molecule has 0 spiro atoms. The first kappa shape index (κ1) is 37.8. The van der Waals surface area contributed by atoms with Crippen LogP contribution in [0.15, 0.2) is 17.1 Å². The van der Waals surface area contributed by atoms with Crippen molar-refractivity contribution in [1.29, 1.82) is 0 Å². The van der Waals surface area contributed by atoms with Crippen molar-refractivity contribution in [3.8, 4) is 0 Å². The third-order valence-electron chi connectivity index (χ3n) is 8.21. The number of carbonyl (C=O) groups is 3. The van der Waals surface area contributed by atoms with Gasteiger partial charge in [-0.3, -0.25) is 18.7 Å². The first-order valence-electron chi connectivity index (χ1n) is 16.6. The normalized spacial score (nSPS) is 25.5. The van der Waals surface area contributed by atoms with Crippen molar-refractivity contribution in [2.75, 3.05) is 25.1 Å². The van der Waals surface area contributed by atoms with Gasteiger partial charge in [-0.05, 0) is 71.3 Å². The molecule has 1 saturated carbocycles. The molecular formula is C31H50N5O11P. The average Bonchev–Trinajstić information content (AvgIpc) is 3.68. The van der Waals surface area contributed by atoms with Crippen LogP contribution in [0.4, 0.5) is 10.6 Å². The molecule has 5 atom stereocenters. The SMILES string of the molecule is CCOC(=O)C(CC(C)C)NP(=O)(NC(CC(C)C)C(=O)OCC)OCC1OC(C)(C)C2(n3ccc(NC4CC4)nc3=O)OC(=O)OC12. The second kappa shape index (κ2) is 15.2. The Kier molecular flexibility index (Phi) is 12.0. The molecule has 2 aliphatic heterocycles. The van der Waals surface area contributed by atoms with Crippen LogP contribution in [0, 0.1) is 11.8 Å². The first-order valence-corrected chi connectivity index (χ1v) is 18.2. The topological polar surface area (TPSA) is 195 Å². The van der Waals surface area contributed by atoms with E-state index in [0.717, 1.165) is 17.4 Å². The van der Waals surface area contributed by atoms with Gasteiger partial charge in [0.1, 0.15) is 29.6 Å². The van der Waals surface area contributed by atoms with Crippen LogP contribution in [0.5, 0.6) is 0 Å². The van der Waals surface area contributed by atoms with E-state index in [9.17, 15) is 23.7 Å². The maximum atomic E-state index is 14.7. The molecule has 3 N–H and O–H groups in total. The summed E-state index contributed by atoms with van der Waals surface area (Å²) in [6.07, 6.45) is 0.527. The highest BCUT2D eigenvalue weighted by molar-refractivity contribution is 7.54. The number of hydrogen-bond donors (Lipinski definition) is 3. The lowest BCUT2D eigenvalue weighted by molar-refractivity contribution is -0.150. The largest absolute Gasteiger partial charge is 0.511 e. The Morgan fingerprint density at radius 2 is 1.58 bits per heavy atom. The van der Waals surface area contributed by atoms with E-state index < -0.39 is 73.7 Å². The molecule has 0 amide bonds. The van der Waals surface area contributed by atoms with Crippen LogP contribution in [0.3, 0.4) is 0 Å². The summed E-state index contributed by atoms with van der Waals surface area (Å²) in [6.45, 7) is 13.8. The minimum Gasteiger partial charge on any atom is -0.465 e. The highest BCUT2D eigenvalue weighted by Crippen LogP contribution is 2.52. The van der Waals surface area contributed by atoms with Gasteiger partial charge >= 0.3 is 31.5 Å². The Morgan fingerprint density at radius 3 is 2.06 bits per heavy atom. The van der Waals surface area contributed by atoms with Crippen molar-refractivity contribution < 1.29 is 47.2 Å². The molecule has 3 aliphatic rings. The number of fused-ring (bicyclic) bond motifs is 1. The summed E-state index contributed by atoms with van der Waals surface area (Å²) in [7, 11) is -4.31. The van der Waals surface area contributed by atoms with E-state index in [0.29, 0.717) is 5.82 Å². The molecule has 5 unspecified atom stereocenters. The number of anilines is 1. The van der Waals surface area contributed by atoms with Crippen molar-refractivity contribution in [2.24, 2.45) is 11.8 Å². The van der Waals surface area contributed by atoms with E-state index >= 15 is 0 Å². The van der Waals surface area contributed by atoms with Gasteiger partial charge in [-0.15, -0.1) is 0 Å². The van der Waals surface area contributed by atoms with Crippen molar-refractivity contribution in [3.05, 3.63) is 22.7 Å². The van der Waals surface area contributed by atoms with Crippen LogP contribution in [-0.2, 0) is 48.1 Å². The summed E-state index contributed by atoms with van der Waals surface area (Å²) < 4.78 is 50.0. The number of aromatic nitrogens is 2. The zero-order valence-corrected chi connectivity index (χ0v) is 29.9. The van der Waals surface area contributed by atoms with E-state index in [1.54, 1.807) is 33.8 Å². The van der Waals surface area contributed by atoms with Crippen LogP contribution in [0.25, 0.3) is 0 Å². The molecule has 1 aliphatic carbocycles. The fourth-order valence-corrected chi connectivity index (χ4v) is 7.84. The fraction of sp³-hybridized carbons (Fsp3) is 0.774. The molecule has 0 aromatic carbocycles. The van der Waals surface area contributed by atoms with Crippen molar-refractivity contribution >= 4 is 31.6 Å². The molecule has 0 bridgehead atoms. The van der Waals surface area contributed by atoms with Crippen molar-refractivity contribution in [3.63, 3.8) is 0 Å². The molecule has 48 heavy (non-hydrogen) atoms. The van der Waals surface area contributed by atoms with Crippen molar-refractivity contribution in [1.82, 2.24) is 19.7 Å². The molecular weight excluding hydrogens is 649 g/mol. The summed E-state index contributed by atoms with van der Waals surface area (Å²) in [4.78, 5) is 56.2. The summed E-state index contributed by atoms with van der Waals surface area (Å²) in [5.74, 6) is -0.916. The highest BCUT2D eigenvalue weighted by Gasteiger charge is 2.72. The van der Waals surface area contributed by atoms with Gasteiger partial charge in [0, 0.05) is 12.2 Å². The summed E-state index contributed by atoms with van der Waals surface area (Å²) >= 11 is 0. The van der Waals surface area contributed by atoms with Crippen molar-refractivity contribution in [2.45, 2.75) is 123 Å². The Labute approximate surface area is 280 Å².